The topological polar surface area (TPSA) is 0 Å². The fourth-order valence-corrected chi connectivity index (χ4v) is 8.27. The minimum absolute atomic E-state index is 0.602. The van der Waals surface area contributed by atoms with Crippen LogP contribution in [0, 0.1) is 0 Å². The monoisotopic (exact) mass is 388 g/mol. The highest BCUT2D eigenvalue weighted by atomic mass is 31.2. The number of halogens is 4. The summed E-state index contributed by atoms with van der Waals surface area (Å²) in [6.07, 6.45) is 22.5. The molecule has 0 saturated heterocycles. The van der Waals surface area contributed by atoms with E-state index in [1.807, 2.05) is 0 Å². The second-order valence-corrected chi connectivity index (χ2v) is 11.7. The molecule has 0 rings (SSSR count). The number of rotatable bonds is 15. The van der Waals surface area contributed by atoms with E-state index >= 15 is 0 Å². The molecule has 0 radical (unpaired) electrons. The highest BCUT2D eigenvalue weighted by Gasteiger charge is 2.34. The molecule has 0 atom stereocenters. The molecule has 0 heterocycles. The lowest BCUT2D eigenvalue weighted by Crippen LogP contribution is -2.13. The summed E-state index contributed by atoms with van der Waals surface area (Å²) >= 11 is 0. The van der Waals surface area contributed by atoms with Gasteiger partial charge in [-0.25, -0.2) is 0 Å². The van der Waals surface area contributed by atoms with Gasteiger partial charge < -0.3 is 17.3 Å². The van der Waals surface area contributed by atoms with Crippen molar-refractivity contribution in [1.29, 1.82) is 0 Å². The molecule has 0 saturated carbocycles. The van der Waals surface area contributed by atoms with Crippen molar-refractivity contribution in [2.75, 3.05) is 24.6 Å². The van der Waals surface area contributed by atoms with E-state index in [2.05, 4.69) is 27.7 Å². The summed E-state index contributed by atoms with van der Waals surface area (Å²) in [5.41, 5.74) is 0. The molecule has 0 spiro atoms. The van der Waals surface area contributed by atoms with Gasteiger partial charge >= 0.3 is 7.25 Å². The molecule has 0 aromatic heterocycles. The summed E-state index contributed by atoms with van der Waals surface area (Å²) in [4.78, 5) is 0. The molecular weight excluding hydrogens is 346 g/mol. The van der Waals surface area contributed by atoms with Gasteiger partial charge in [0.25, 0.3) is 0 Å². The molecule has 0 aliphatic rings. The molecule has 0 unspecified atom stereocenters. The van der Waals surface area contributed by atoms with E-state index in [1.54, 1.807) is 24.6 Å². The molecular formula is C19H42BF4P. The van der Waals surface area contributed by atoms with Gasteiger partial charge in [-0.1, -0.05) is 72.6 Å². The van der Waals surface area contributed by atoms with Gasteiger partial charge in [-0.3, -0.25) is 0 Å². The zero-order valence-corrected chi connectivity index (χ0v) is 18.0. The highest BCUT2D eigenvalue weighted by Crippen LogP contribution is 2.61. The number of unbranched alkanes of at least 4 members (excludes halogenated alkanes) is 7. The third kappa shape index (κ3) is 22.2. The SMILES string of the molecule is CCCCC[P+](CCCC)(CCCCC)CCCCC.F[B-](F)(F)F. The van der Waals surface area contributed by atoms with Crippen LogP contribution in [0.2, 0.25) is 0 Å². The average Bonchev–Trinajstić information content (AvgIpc) is 2.52. The minimum atomic E-state index is -6.00. The maximum absolute atomic E-state index is 9.75. The summed E-state index contributed by atoms with van der Waals surface area (Å²) < 4.78 is 39.0. The Bertz CT molecular complexity index is 240. The first-order valence-corrected chi connectivity index (χ1v) is 13.0. The van der Waals surface area contributed by atoms with Crippen LogP contribution >= 0.6 is 7.26 Å². The van der Waals surface area contributed by atoms with E-state index < -0.39 is 14.5 Å². The molecule has 0 N–H and O–H groups in total. The van der Waals surface area contributed by atoms with Gasteiger partial charge in [0.2, 0.25) is 0 Å². The fraction of sp³-hybridized carbons (Fsp3) is 1.00. The normalized spacial score (nSPS) is 12.0. The summed E-state index contributed by atoms with van der Waals surface area (Å²) in [5.74, 6) is 0. The fourth-order valence-electron chi connectivity index (χ4n) is 3.26. The maximum Gasteiger partial charge on any atom is 0.673 e. The average molecular weight is 388 g/mol. The Morgan fingerprint density at radius 3 is 0.960 bits per heavy atom. The largest absolute Gasteiger partial charge is 0.673 e. The molecule has 0 nitrogen and oxygen atoms in total. The van der Waals surface area contributed by atoms with Crippen molar-refractivity contribution in [3.05, 3.63) is 0 Å². The Kier molecular flexibility index (Phi) is 19.3. The quantitative estimate of drug-likeness (QED) is 0.114. The Hall–Kier alpha value is 0.215. The van der Waals surface area contributed by atoms with Crippen LogP contribution in [0.15, 0.2) is 0 Å². The van der Waals surface area contributed by atoms with Gasteiger partial charge in [0, 0.05) is 7.26 Å². The van der Waals surface area contributed by atoms with Crippen molar-refractivity contribution in [3.63, 3.8) is 0 Å². The first-order valence-electron chi connectivity index (χ1n) is 10.5. The molecule has 0 bridgehead atoms. The van der Waals surface area contributed by atoms with E-state index in [0.29, 0.717) is 0 Å². The minimum Gasteiger partial charge on any atom is -0.418 e. The summed E-state index contributed by atoms with van der Waals surface area (Å²) in [6.45, 7) is 9.42. The van der Waals surface area contributed by atoms with Gasteiger partial charge in [-0.2, -0.15) is 0 Å². The van der Waals surface area contributed by atoms with Gasteiger partial charge in [0.1, 0.15) is 0 Å². The third-order valence-corrected chi connectivity index (χ3v) is 9.75. The lowest BCUT2D eigenvalue weighted by atomic mass is 10.3. The standard InChI is InChI=1S/C19H42P.BF4/c1-5-9-13-17-20(16-12-8-4,18-14-10-6-2)19-15-11-7-3;2-1(3,4)5/h5-19H2,1-4H3;/q+1;-1. The summed E-state index contributed by atoms with van der Waals surface area (Å²) in [7, 11) is -6.60. The Labute approximate surface area is 155 Å². The molecule has 0 fully saturated rings. The Balaban J connectivity index is 0. The lowest BCUT2D eigenvalue weighted by Gasteiger charge is -2.28. The first kappa shape index (κ1) is 27.4. The lowest BCUT2D eigenvalue weighted by molar-refractivity contribution is 0.368. The molecule has 154 valence electrons. The van der Waals surface area contributed by atoms with Gasteiger partial charge in [0.15, 0.2) is 0 Å². The molecule has 25 heavy (non-hydrogen) atoms. The van der Waals surface area contributed by atoms with Crippen molar-refractivity contribution in [3.8, 4) is 0 Å². The van der Waals surface area contributed by atoms with Crippen LogP contribution in [-0.2, 0) is 0 Å². The van der Waals surface area contributed by atoms with E-state index in [0.717, 1.165) is 0 Å². The molecule has 0 aliphatic heterocycles. The van der Waals surface area contributed by atoms with Crippen LogP contribution in [0.3, 0.4) is 0 Å². The van der Waals surface area contributed by atoms with Crippen LogP contribution in [0.5, 0.6) is 0 Å². The van der Waals surface area contributed by atoms with Gasteiger partial charge in [-0.15, -0.1) is 0 Å². The molecule has 0 aromatic rings. The summed E-state index contributed by atoms with van der Waals surface area (Å²) in [6, 6.07) is 0. The molecule has 0 aliphatic carbocycles. The molecule has 6 heteroatoms. The zero-order valence-electron chi connectivity index (χ0n) is 17.1. The highest BCUT2D eigenvalue weighted by molar-refractivity contribution is 7.75. The smallest absolute Gasteiger partial charge is 0.418 e. The van der Waals surface area contributed by atoms with E-state index in [-0.39, 0.29) is 0 Å². The molecule has 0 aromatic carbocycles. The number of hydrogen-bond donors (Lipinski definition) is 0. The zero-order chi connectivity index (χ0) is 19.6. The predicted molar refractivity (Wildman–Crippen MR) is 110 cm³/mol. The molecule has 0 amide bonds. The van der Waals surface area contributed by atoms with Crippen molar-refractivity contribution in [2.24, 2.45) is 0 Å². The van der Waals surface area contributed by atoms with Gasteiger partial charge in [-0.05, 0) is 25.7 Å². The maximum atomic E-state index is 9.75. The van der Waals surface area contributed by atoms with Crippen LogP contribution in [0.25, 0.3) is 0 Å². The van der Waals surface area contributed by atoms with Crippen LogP contribution in [0.1, 0.15) is 98.3 Å². The van der Waals surface area contributed by atoms with Crippen molar-refractivity contribution in [2.45, 2.75) is 98.3 Å². The van der Waals surface area contributed by atoms with Crippen LogP contribution in [-0.4, -0.2) is 31.9 Å². The van der Waals surface area contributed by atoms with E-state index in [1.165, 1.54) is 70.6 Å². The van der Waals surface area contributed by atoms with Crippen molar-refractivity contribution < 1.29 is 17.3 Å². The summed E-state index contributed by atoms with van der Waals surface area (Å²) in [5, 5.41) is 0. The third-order valence-electron chi connectivity index (χ3n) is 4.69. The van der Waals surface area contributed by atoms with Crippen LogP contribution in [0.4, 0.5) is 17.3 Å². The number of hydrogen-bond acceptors (Lipinski definition) is 0. The van der Waals surface area contributed by atoms with E-state index in [9.17, 15) is 17.3 Å². The predicted octanol–water partition coefficient (Wildman–Crippen LogP) is 8.67. The Morgan fingerprint density at radius 1 is 0.480 bits per heavy atom. The van der Waals surface area contributed by atoms with Gasteiger partial charge in [0.05, 0.1) is 24.6 Å². The second kappa shape index (κ2) is 17.6. The Morgan fingerprint density at radius 2 is 0.720 bits per heavy atom. The first-order chi connectivity index (χ1) is 11.7. The van der Waals surface area contributed by atoms with Crippen molar-refractivity contribution >= 4 is 14.5 Å². The van der Waals surface area contributed by atoms with Crippen LogP contribution < -0.4 is 0 Å². The van der Waals surface area contributed by atoms with E-state index in [4.69, 9.17) is 0 Å². The van der Waals surface area contributed by atoms with Crippen molar-refractivity contribution in [1.82, 2.24) is 0 Å². The second-order valence-electron chi connectivity index (χ2n) is 7.21.